The largest absolute Gasteiger partial charge is 0.361 e. The number of aromatic amines is 1. The van der Waals surface area contributed by atoms with Gasteiger partial charge in [0, 0.05) is 48.8 Å². The van der Waals surface area contributed by atoms with E-state index in [2.05, 4.69) is 27.1 Å². The first-order valence-corrected chi connectivity index (χ1v) is 10.2. The van der Waals surface area contributed by atoms with Crippen molar-refractivity contribution in [1.29, 1.82) is 0 Å². The third-order valence-corrected chi connectivity index (χ3v) is 5.99. The van der Waals surface area contributed by atoms with Gasteiger partial charge in [0.25, 0.3) is 11.8 Å². The van der Waals surface area contributed by atoms with Crippen LogP contribution in [-0.2, 0) is 9.59 Å². The summed E-state index contributed by atoms with van der Waals surface area (Å²) in [6.45, 7) is 3.54. The highest BCUT2D eigenvalue weighted by atomic mass is 35.5. The summed E-state index contributed by atoms with van der Waals surface area (Å²) in [5.41, 5.74) is 2.38. The summed E-state index contributed by atoms with van der Waals surface area (Å²) in [4.78, 5) is 37.9. The molecule has 5 rings (SSSR count). The number of aromatic nitrogens is 2. The molecule has 0 radical (unpaired) electrons. The molecular weight excluding hydrogens is 402 g/mol. The predicted molar refractivity (Wildman–Crippen MR) is 117 cm³/mol. The first kappa shape index (κ1) is 18.8. The Labute approximate surface area is 178 Å². The van der Waals surface area contributed by atoms with Crippen molar-refractivity contribution >= 4 is 51.3 Å². The van der Waals surface area contributed by atoms with E-state index in [1.807, 2.05) is 30.3 Å². The fourth-order valence-electron chi connectivity index (χ4n) is 4.04. The molecule has 1 aromatic carbocycles. The van der Waals surface area contributed by atoms with E-state index < -0.39 is 11.8 Å². The molecular formula is C22H20ClN5O2. The number of nitrogens with one attached hydrogen (secondary N) is 2. The Morgan fingerprint density at radius 3 is 2.50 bits per heavy atom. The minimum absolute atomic E-state index is 0.214. The lowest BCUT2D eigenvalue weighted by Crippen LogP contribution is -2.44. The van der Waals surface area contributed by atoms with Crippen molar-refractivity contribution < 1.29 is 9.59 Å². The van der Waals surface area contributed by atoms with Crippen molar-refractivity contribution in [1.82, 2.24) is 20.2 Å². The molecule has 0 saturated carbocycles. The summed E-state index contributed by atoms with van der Waals surface area (Å²) in [7, 11) is 2.09. The molecule has 0 aliphatic carbocycles. The summed E-state index contributed by atoms with van der Waals surface area (Å²) in [6.07, 6.45) is 1.75. The van der Waals surface area contributed by atoms with Gasteiger partial charge >= 0.3 is 0 Å². The Morgan fingerprint density at radius 1 is 0.967 bits per heavy atom. The van der Waals surface area contributed by atoms with E-state index in [9.17, 15) is 9.59 Å². The number of rotatable bonds is 3. The Kier molecular flexibility index (Phi) is 4.56. The second kappa shape index (κ2) is 7.27. The maximum absolute atomic E-state index is 12.8. The van der Waals surface area contributed by atoms with Crippen LogP contribution in [0.1, 0.15) is 11.3 Å². The van der Waals surface area contributed by atoms with Gasteiger partial charge in [-0.3, -0.25) is 14.9 Å². The van der Waals surface area contributed by atoms with Crippen molar-refractivity contribution in [2.45, 2.75) is 0 Å². The minimum atomic E-state index is -0.481. The monoisotopic (exact) mass is 421 g/mol. The molecule has 0 unspecified atom stereocenters. The smallest absolute Gasteiger partial charge is 0.261 e. The predicted octanol–water partition coefficient (Wildman–Crippen LogP) is 2.54. The molecule has 8 heteroatoms. The molecule has 7 nitrogen and oxygen atoms in total. The van der Waals surface area contributed by atoms with E-state index >= 15 is 0 Å². The molecule has 2 aliphatic rings. The Balaban J connectivity index is 1.66. The van der Waals surface area contributed by atoms with Crippen LogP contribution in [0.5, 0.6) is 0 Å². The van der Waals surface area contributed by atoms with Crippen LogP contribution < -0.4 is 10.2 Å². The number of hydrogen-bond acceptors (Lipinski definition) is 5. The summed E-state index contributed by atoms with van der Waals surface area (Å²) in [5, 5.41) is 3.62. The number of amides is 2. The highest BCUT2D eigenvalue weighted by molar-refractivity contribution is 6.51. The SMILES string of the molecule is CN1CCN(c2ccc(Cl)c(C3=C(c4c[nH]c5ccccc45)C(=O)NC3=O)n2)CC1. The number of likely N-dealkylation sites (N-methyl/N-ethyl adjacent to an activating group) is 1. The Bertz CT molecular complexity index is 1210. The van der Waals surface area contributed by atoms with Crippen LogP contribution in [0.3, 0.4) is 0 Å². The van der Waals surface area contributed by atoms with E-state index in [1.165, 1.54) is 0 Å². The van der Waals surface area contributed by atoms with Gasteiger partial charge < -0.3 is 14.8 Å². The first-order chi connectivity index (χ1) is 14.5. The number of halogens is 1. The lowest BCUT2D eigenvalue weighted by molar-refractivity contribution is -0.122. The van der Waals surface area contributed by atoms with E-state index in [-0.39, 0.29) is 5.57 Å². The van der Waals surface area contributed by atoms with Crippen LogP contribution >= 0.6 is 11.6 Å². The molecule has 1 fully saturated rings. The van der Waals surface area contributed by atoms with Crippen LogP contribution in [0.15, 0.2) is 42.6 Å². The summed E-state index contributed by atoms with van der Waals surface area (Å²) < 4.78 is 0. The van der Waals surface area contributed by atoms with Gasteiger partial charge in [-0.1, -0.05) is 29.8 Å². The van der Waals surface area contributed by atoms with Gasteiger partial charge in [0.2, 0.25) is 0 Å². The van der Waals surface area contributed by atoms with Crippen molar-refractivity contribution in [3.8, 4) is 0 Å². The van der Waals surface area contributed by atoms with Crippen LogP contribution in [0.4, 0.5) is 5.82 Å². The number of nitrogens with zero attached hydrogens (tertiary/aromatic N) is 3. The fourth-order valence-corrected chi connectivity index (χ4v) is 4.24. The molecule has 30 heavy (non-hydrogen) atoms. The number of piperazine rings is 1. The standard InChI is InChI=1S/C22H20ClN5O2/c1-27-8-10-28(11-9-27)17-7-6-15(23)20(25-17)19-18(21(29)26-22(19)30)14-12-24-16-5-3-2-4-13(14)16/h2-7,12,24H,8-11H2,1H3,(H,26,29,30). The molecule has 2 aliphatic heterocycles. The van der Waals surface area contributed by atoms with Gasteiger partial charge in [0.1, 0.15) is 5.82 Å². The number of para-hydroxylation sites is 1. The van der Waals surface area contributed by atoms with Gasteiger partial charge in [0.15, 0.2) is 0 Å². The molecule has 0 bridgehead atoms. The average molecular weight is 422 g/mol. The molecule has 2 N–H and O–H groups in total. The molecule has 3 aromatic rings. The number of carbonyl (C=O) groups is 2. The minimum Gasteiger partial charge on any atom is -0.361 e. The fraction of sp³-hybridized carbons (Fsp3) is 0.227. The van der Waals surface area contributed by atoms with Crippen LogP contribution in [0.2, 0.25) is 5.02 Å². The van der Waals surface area contributed by atoms with Crippen molar-refractivity contribution in [2.24, 2.45) is 0 Å². The Morgan fingerprint density at radius 2 is 1.70 bits per heavy atom. The molecule has 152 valence electrons. The summed E-state index contributed by atoms with van der Waals surface area (Å²) >= 11 is 6.47. The van der Waals surface area contributed by atoms with E-state index in [4.69, 9.17) is 16.6 Å². The zero-order valence-electron chi connectivity index (χ0n) is 16.4. The second-order valence-corrected chi connectivity index (χ2v) is 7.98. The van der Waals surface area contributed by atoms with E-state index in [0.717, 1.165) is 42.9 Å². The second-order valence-electron chi connectivity index (χ2n) is 7.57. The number of benzene rings is 1. The van der Waals surface area contributed by atoms with E-state index in [0.29, 0.717) is 21.9 Å². The average Bonchev–Trinajstić information content (AvgIpc) is 3.29. The van der Waals surface area contributed by atoms with Gasteiger partial charge in [-0.2, -0.15) is 0 Å². The summed E-state index contributed by atoms with van der Waals surface area (Å²) in [5.74, 6) is -0.173. The molecule has 2 aromatic heterocycles. The maximum atomic E-state index is 12.8. The van der Waals surface area contributed by atoms with Gasteiger partial charge in [-0.25, -0.2) is 4.98 Å². The molecule has 0 spiro atoms. The zero-order chi connectivity index (χ0) is 20.8. The molecule has 2 amide bonds. The van der Waals surface area contributed by atoms with Gasteiger partial charge in [-0.15, -0.1) is 0 Å². The number of imide groups is 1. The Hall–Kier alpha value is -3.16. The first-order valence-electron chi connectivity index (χ1n) is 9.80. The van der Waals surface area contributed by atoms with E-state index in [1.54, 1.807) is 12.3 Å². The van der Waals surface area contributed by atoms with Gasteiger partial charge in [0.05, 0.1) is 21.9 Å². The third-order valence-electron chi connectivity index (χ3n) is 5.69. The molecule has 0 atom stereocenters. The number of pyridine rings is 1. The maximum Gasteiger partial charge on any atom is 0.261 e. The number of anilines is 1. The number of hydrogen-bond donors (Lipinski definition) is 2. The normalized spacial score (nSPS) is 17.9. The molecule has 1 saturated heterocycles. The number of H-pyrrole nitrogens is 1. The zero-order valence-corrected chi connectivity index (χ0v) is 17.2. The van der Waals surface area contributed by atoms with Gasteiger partial charge in [-0.05, 0) is 25.2 Å². The highest BCUT2D eigenvalue weighted by Crippen LogP contribution is 2.37. The molecule has 4 heterocycles. The lowest BCUT2D eigenvalue weighted by Gasteiger charge is -2.33. The lowest BCUT2D eigenvalue weighted by atomic mass is 9.98. The van der Waals surface area contributed by atoms with Crippen molar-refractivity contribution in [2.75, 3.05) is 38.1 Å². The highest BCUT2D eigenvalue weighted by Gasteiger charge is 2.35. The van der Waals surface area contributed by atoms with Crippen LogP contribution in [0, 0.1) is 0 Å². The number of fused-ring (bicyclic) bond motifs is 1. The quantitative estimate of drug-likeness (QED) is 0.635. The van der Waals surface area contributed by atoms with Crippen LogP contribution in [-0.4, -0.2) is 59.9 Å². The summed E-state index contributed by atoms with van der Waals surface area (Å²) in [6, 6.07) is 11.2. The third kappa shape index (κ3) is 3.07. The van der Waals surface area contributed by atoms with Crippen LogP contribution in [0.25, 0.3) is 22.0 Å². The number of carbonyl (C=O) groups excluding carboxylic acids is 2. The topological polar surface area (TPSA) is 81.3 Å². The van der Waals surface area contributed by atoms with Crippen molar-refractivity contribution in [3.05, 3.63) is 58.9 Å². The van der Waals surface area contributed by atoms with Crippen molar-refractivity contribution in [3.63, 3.8) is 0 Å².